The van der Waals surface area contributed by atoms with Gasteiger partial charge in [0.2, 0.25) is 0 Å². The molecule has 0 aliphatic rings. The Labute approximate surface area is 123 Å². The minimum absolute atomic E-state index is 0.235. The molecule has 0 saturated heterocycles. The van der Waals surface area contributed by atoms with Crippen molar-refractivity contribution in [1.82, 2.24) is 0 Å². The summed E-state index contributed by atoms with van der Waals surface area (Å²) in [6.07, 6.45) is 4.18. The molecule has 0 aliphatic heterocycles. The third-order valence-electron chi connectivity index (χ3n) is 4.05. The molecule has 2 nitrogen and oxygen atoms in total. The number of nitrogens with two attached hydrogens (primary N) is 1. The molecule has 0 aliphatic carbocycles. The van der Waals surface area contributed by atoms with Gasteiger partial charge in [-0.25, -0.2) is 0 Å². The molecule has 1 rings (SSSR count). The largest absolute Gasteiger partial charge is 0.330 e. The number of hydrogen-bond acceptors (Lipinski definition) is 2. The molecular weight excluding hydrogens is 246 g/mol. The summed E-state index contributed by atoms with van der Waals surface area (Å²) in [5.41, 5.74) is 7.16. The average molecular weight is 275 g/mol. The van der Waals surface area contributed by atoms with Crippen molar-refractivity contribution in [3.63, 3.8) is 0 Å². The van der Waals surface area contributed by atoms with Crippen LogP contribution >= 0.6 is 0 Å². The van der Waals surface area contributed by atoms with E-state index < -0.39 is 0 Å². The zero-order chi connectivity index (χ0) is 15.0. The summed E-state index contributed by atoms with van der Waals surface area (Å²) >= 11 is 0. The van der Waals surface area contributed by atoms with Gasteiger partial charge >= 0.3 is 0 Å². The number of hydrogen-bond donors (Lipinski definition) is 1. The van der Waals surface area contributed by atoms with Gasteiger partial charge in [0.15, 0.2) is 0 Å². The predicted octanol–water partition coefficient (Wildman–Crippen LogP) is 3.98. The van der Waals surface area contributed by atoms with Crippen LogP contribution < -0.4 is 5.73 Å². The molecule has 0 saturated carbocycles. The number of Topliss-reactive ketones (excluding diaryl/α,β-unsaturated/α-hetero) is 1. The third kappa shape index (κ3) is 6.33. The van der Waals surface area contributed by atoms with Crippen LogP contribution in [0.4, 0.5) is 0 Å². The zero-order valence-corrected chi connectivity index (χ0v) is 13.2. The summed E-state index contributed by atoms with van der Waals surface area (Å²) < 4.78 is 0. The van der Waals surface area contributed by atoms with Crippen LogP contribution in [0.25, 0.3) is 0 Å². The molecule has 1 aromatic rings. The van der Waals surface area contributed by atoms with E-state index in [0.29, 0.717) is 31.1 Å². The Morgan fingerprint density at radius 2 is 1.75 bits per heavy atom. The fourth-order valence-electron chi connectivity index (χ4n) is 2.60. The highest BCUT2D eigenvalue weighted by atomic mass is 16.1. The van der Waals surface area contributed by atoms with Crippen LogP contribution in [0.5, 0.6) is 0 Å². The Hall–Kier alpha value is -1.15. The minimum Gasteiger partial charge on any atom is -0.330 e. The van der Waals surface area contributed by atoms with E-state index in [4.69, 9.17) is 5.73 Å². The van der Waals surface area contributed by atoms with Gasteiger partial charge in [-0.3, -0.25) is 4.79 Å². The molecule has 0 bridgehead atoms. The molecule has 112 valence electrons. The zero-order valence-electron chi connectivity index (χ0n) is 13.2. The molecule has 20 heavy (non-hydrogen) atoms. The summed E-state index contributed by atoms with van der Waals surface area (Å²) in [4.78, 5) is 12.0. The second-order valence-electron chi connectivity index (χ2n) is 6.70. The summed E-state index contributed by atoms with van der Waals surface area (Å²) in [7, 11) is 0. The molecule has 0 aromatic heterocycles. The first-order valence-electron chi connectivity index (χ1n) is 7.69. The maximum absolute atomic E-state index is 12.0. The fourth-order valence-corrected chi connectivity index (χ4v) is 2.60. The van der Waals surface area contributed by atoms with Crippen LogP contribution in [0.3, 0.4) is 0 Å². The van der Waals surface area contributed by atoms with E-state index in [1.807, 2.05) is 18.2 Å². The Morgan fingerprint density at radius 1 is 1.10 bits per heavy atom. The van der Waals surface area contributed by atoms with Crippen molar-refractivity contribution in [2.75, 3.05) is 6.54 Å². The van der Waals surface area contributed by atoms with E-state index in [1.54, 1.807) is 0 Å². The maximum atomic E-state index is 12.0. The Morgan fingerprint density at radius 3 is 2.30 bits per heavy atom. The van der Waals surface area contributed by atoms with E-state index in [-0.39, 0.29) is 5.41 Å². The smallest absolute Gasteiger partial charge is 0.133 e. The molecule has 0 spiro atoms. The lowest BCUT2D eigenvalue weighted by Crippen LogP contribution is -2.24. The second-order valence-corrected chi connectivity index (χ2v) is 6.70. The van der Waals surface area contributed by atoms with Crippen molar-refractivity contribution in [3.05, 3.63) is 35.9 Å². The molecule has 1 aromatic carbocycles. The molecule has 1 atom stereocenters. The highest BCUT2D eigenvalue weighted by molar-refractivity contribution is 5.78. The number of aryl methyl sites for hydroxylation is 1. The normalized spacial score (nSPS) is 13.2. The van der Waals surface area contributed by atoms with Crippen molar-refractivity contribution < 1.29 is 4.79 Å². The predicted molar refractivity (Wildman–Crippen MR) is 85.6 cm³/mol. The summed E-state index contributed by atoms with van der Waals surface area (Å²) in [5, 5.41) is 0. The number of rotatable bonds is 8. The third-order valence-corrected chi connectivity index (χ3v) is 4.05. The molecule has 2 N–H and O–H groups in total. The van der Waals surface area contributed by atoms with Crippen LogP contribution in [0.2, 0.25) is 0 Å². The summed E-state index contributed by atoms with van der Waals surface area (Å²) in [6, 6.07) is 10.2. The van der Waals surface area contributed by atoms with Crippen LogP contribution in [0.1, 0.15) is 52.0 Å². The lowest BCUT2D eigenvalue weighted by Gasteiger charge is -2.30. The highest BCUT2D eigenvalue weighted by Crippen LogP contribution is 2.32. The molecule has 1 unspecified atom stereocenters. The van der Waals surface area contributed by atoms with Crippen LogP contribution in [0.15, 0.2) is 30.3 Å². The van der Waals surface area contributed by atoms with Crippen LogP contribution in [-0.2, 0) is 11.2 Å². The molecule has 0 fully saturated rings. The Kier molecular flexibility index (Phi) is 6.94. The topological polar surface area (TPSA) is 43.1 Å². The first-order chi connectivity index (χ1) is 9.43. The van der Waals surface area contributed by atoms with Gasteiger partial charge in [0.25, 0.3) is 0 Å². The van der Waals surface area contributed by atoms with Gasteiger partial charge in [-0.2, -0.15) is 0 Å². The first-order valence-corrected chi connectivity index (χ1v) is 7.69. The van der Waals surface area contributed by atoms with Crippen LogP contribution in [0, 0.1) is 11.3 Å². The molecule has 0 radical (unpaired) electrons. The van der Waals surface area contributed by atoms with Crippen molar-refractivity contribution >= 4 is 5.78 Å². The van der Waals surface area contributed by atoms with Gasteiger partial charge in [0.05, 0.1) is 0 Å². The van der Waals surface area contributed by atoms with Gasteiger partial charge in [-0.05, 0) is 42.7 Å². The number of carbonyl (C=O) groups is 1. The number of ketones is 1. The fraction of sp³-hybridized carbons (Fsp3) is 0.611. The molecule has 0 heterocycles. The standard InChI is InChI=1S/C18H29NO/c1-18(2,3)16(13-14-19)10-12-17(20)11-9-15-7-5-4-6-8-15/h4-8,16H,9-14,19H2,1-3H3. The number of carbonyl (C=O) groups excluding carboxylic acids is 1. The minimum atomic E-state index is 0.235. The Bertz CT molecular complexity index is 392. The first kappa shape index (κ1) is 16.9. The number of benzene rings is 1. The SMILES string of the molecule is CC(C)(C)C(CCN)CCC(=O)CCc1ccccc1. The van der Waals surface area contributed by atoms with Gasteiger partial charge in [0, 0.05) is 12.8 Å². The quantitative estimate of drug-likeness (QED) is 0.780. The molecule has 2 heteroatoms. The molecule has 0 amide bonds. The van der Waals surface area contributed by atoms with Gasteiger partial charge in [0.1, 0.15) is 5.78 Å². The van der Waals surface area contributed by atoms with E-state index in [2.05, 4.69) is 32.9 Å². The lowest BCUT2D eigenvalue weighted by molar-refractivity contribution is -0.119. The molecular formula is C18H29NO. The van der Waals surface area contributed by atoms with Crippen molar-refractivity contribution in [2.24, 2.45) is 17.1 Å². The lowest BCUT2D eigenvalue weighted by atomic mass is 9.76. The average Bonchev–Trinajstić information content (AvgIpc) is 2.41. The van der Waals surface area contributed by atoms with Gasteiger partial charge in [-0.1, -0.05) is 51.1 Å². The summed E-state index contributed by atoms with van der Waals surface area (Å²) in [6.45, 7) is 7.42. The maximum Gasteiger partial charge on any atom is 0.133 e. The van der Waals surface area contributed by atoms with E-state index in [1.165, 1.54) is 5.56 Å². The highest BCUT2D eigenvalue weighted by Gasteiger charge is 2.24. The van der Waals surface area contributed by atoms with Crippen molar-refractivity contribution in [3.8, 4) is 0 Å². The van der Waals surface area contributed by atoms with Crippen molar-refractivity contribution in [1.29, 1.82) is 0 Å². The van der Waals surface area contributed by atoms with E-state index >= 15 is 0 Å². The van der Waals surface area contributed by atoms with Crippen molar-refractivity contribution in [2.45, 2.75) is 52.9 Å². The van der Waals surface area contributed by atoms with E-state index in [9.17, 15) is 4.79 Å². The van der Waals surface area contributed by atoms with Gasteiger partial charge < -0.3 is 5.73 Å². The van der Waals surface area contributed by atoms with Gasteiger partial charge in [-0.15, -0.1) is 0 Å². The Balaban J connectivity index is 2.35. The second kappa shape index (κ2) is 8.21. The summed E-state index contributed by atoms with van der Waals surface area (Å²) in [5.74, 6) is 0.910. The monoisotopic (exact) mass is 275 g/mol. The van der Waals surface area contributed by atoms with Crippen LogP contribution in [-0.4, -0.2) is 12.3 Å². The van der Waals surface area contributed by atoms with E-state index in [0.717, 1.165) is 19.3 Å².